The number of hydrogen-bond donors (Lipinski definition) is 0. The fourth-order valence-electron chi connectivity index (χ4n) is 10.2. The Morgan fingerprint density at radius 2 is 0.986 bits per heavy atom. The van der Waals surface area contributed by atoms with Gasteiger partial charge in [-0.1, -0.05) is 24.3 Å². The van der Waals surface area contributed by atoms with Crippen LogP contribution >= 0.6 is 0 Å². The standard InChI is InChI=1S/2C27H26F3N3O3/c2*1-17-15-32(16-31-17)24-9-5-18(13-25(24)35-2)12-20-4-3-11-33(26(20)34)23-10-6-19-14-21(7-8-22(19)23)36-27(28,29)30/h2*5,7-9,12-16,23H,3-4,6,10-11H2,1-2H3/b2*20-12+/t2*23-/m10/s1. The number of fused-ring (bicyclic) bond motifs is 2. The monoisotopic (exact) mass is 994 g/mol. The molecule has 2 atom stereocenters. The first-order chi connectivity index (χ1) is 34.4. The third-order valence-electron chi connectivity index (χ3n) is 13.4. The van der Waals surface area contributed by atoms with E-state index in [1.165, 1.54) is 24.3 Å². The van der Waals surface area contributed by atoms with Gasteiger partial charge in [0.25, 0.3) is 0 Å². The number of hydrogen-bond acceptors (Lipinski definition) is 8. The first-order valence-electron chi connectivity index (χ1n) is 23.6. The van der Waals surface area contributed by atoms with Gasteiger partial charge in [-0.15, -0.1) is 26.3 Å². The summed E-state index contributed by atoms with van der Waals surface area (Å²) in [6.45, 7) is 5.06. The molecule has 2 saturated heterocycles. The van der Waals surface area contributed by atoms with E-state index in [1.807, 2.05) is 93.7 Å². The van der Waals surface area contributed by atoms with E-state index in [1.54, 1.807) is 39.0 Å². The molecule has 2 aliphatic carbocycles. The largest absolute Gasteiger partial charge is 0.573 e. The van der Waals surface area contributed by atoms with E-state index in [4.69, 9.17) is 9.47 Å². The second kappa shape index (κ2) is 20.3. The van der Waals surface area contributed by atoms with Crippen molar-refractivity contribution in [2.24, 2.45) is 0 Å². The Kier molecular flexibility index (Phi) is 14.0. The van der Waals surface area contributed by atoms with Crippen molar-refractivity contribution in [3.8, 4) is 34.4 Å². The van der Waals surface area contributed by atoms with Crippen LogP contribution in [0.25, 0.3) is 23.5 Å². The third-order valence-corrected chi connectivity index (χ3v) is 13.4. The molecule has 2 aliphatic heterocycles. The number of methoxy groups -OCH3 is 2. The molecular weight excluding hydrogens is 943 g/mol. The number of carbonyl (C=O) groups excluding carboxylic acids is 2. The number of benzene rings is 4. The van der Waals surface area contributed by atoms with Gasteiger partial charge in [-0.25, -0.2) is 9.97 Å². The number of amides is 2. The lowest BCUT2D eigenvalue weighted by atomic mass is 9.97. The van der Waals surface area contributed by atoms with Crippen LogP contribution in [-0.2, 0) is 22.4 Å². The van der Waals surface area contributed by atoms with E-state index in [0.29, 0.717) is 74.3 Å². The Morgan fingerprint density at radius 3 is 1.35 bits per heavy atom. The van der Waals surface area contributed by atoms with E-state index in [9.17, 15) is 35.9 Å². The summed E-state index contributed by atoms with van der Waals surface area (Å²) >= 11 is 0. The molecule has 2 amide bonds. The minimum atomic E-state index is -4.73. The summed E-state index contributed by atoms with van der Waals surface area (Å²) in [5.74, 6) is 0.810. The van der Waals surface area contributed by atoms with Crippen LogP contribution in [0.15, 0.2) is 109 Å². The van der Waals surface area contributed by atoms with Crippen LogP contribution in [0.2, 0.25) is 0 Å². The molecule has 0 spiro atoms. The van der Waals surface area contributed by atoms with Crippen molar-refractivity contribution in [2.45, 2.75) is 90.0 Å². The molecule has 0 radical (unpaired) electrons. The van der Waals surface area contributed by atoms with Gasteiger partial charge in [0.1, 0.15) is 23.0 Å². The van der Waals surface area contributed by atoms with Crippen LogP contribution in [0.1, 0.15) is 95.4 Å². The predicted molar refractivity (Wildman–Crippen MR) is 256 cm³/mol. The van der Waals surface area contributed by atoms with Gasteiger partial charge in [-0.3, -0.25) is 9.59 Å². The van der Waals surface area contributed by atoms with Crippen LogP contribution in [0.5, 0.6) is 23.0 Å². The minimum Gasteiger partial charge on any atom is -0.495 e. The highest BCUT2D eigenvalue weighted by atomic mass is 19.4. The van der Waals surface area contributed by atoms with E-state index in [0.717, 1.165) is 69.0 Å². The molecule has 18 heteroatoms. The number of nitrogens with zero attached hydrogens (tertiary/aromatic N) is 6. The van der Waals surface area contributed by atoms with E-state index < -0.39 is 12.7 Å². The molecular formula is C54H52F6N6O6. The Morgan fingerprint density at radius 1 is 0.569 bits per heavy atom. The highest BCUT2D eigenvalue weighted by Crippen LogP contribution is 2.43. The predicted octanol–water partition coefficient (Wildman–Crippen LogP) is 11.6. The van der Waals surface area contributed by atoms with Crippen LogP contribution in [0.3, 0.4) is 0 Å². The zero-order valence-electron chi connectivity index (χ0n) is 40.0. The summed E-state index contributed by atoms with van der Waals surface area (Å²) in [5.41, 5.74) is 10.0. The third kappa shape index (κ3) is 11.0. The zero-order valence-corrected chi connectivity index (χ0v) is 40.0. The minimum absolute atomic E-state index is 0.0389. The second-order valence-electron chi connectivity index (χ2n) is 18.2. The van der Waals surface area contributed by atoms with Gasteiger partial charge < -0.3 is 37.9 Å². The molecule has 0 unspecified atom stereocenters. The molecule has 0 N–H and O–H groups in total. The van der Waals surface area contributed by atoms with Crippen LogP contribution in [0, 0.1) is 13.8 Å². The lowest BCUT2D eigenvalue weighted by molar-refractivity contribution is -0.275. The first-order valence-corrected chi connectivity index (χ1v) is 23.6. The van der Waals surface area contributed by atoms with Crippen LogP contribution in [0.4, 0.5) is 26.3 Å². The van der Waals surface area contributed by atoms with Gasteiger partial charge >= 0.3 is 12.7 Å². The van der Waals surface area contributed by atoms with Gasteiger partial charge in [0.2, 0.25) is 11.8 Å². The first kappa shape index (κ1) is 49.5. The van der Waals surface area contributed by atoms with Gasteiger partial charge in [-0.2, -0.15) is 0 Å². The molecule has 2 aromatic heterocycles. The van der Waals surface area contributed by atoms with E-state index in [2.05, 4.69) is 19.4 Å². The maximum atomic E-state index is 13.5. The Labute approximate surface area is 412 Å². The van der Waals surface area contributed by atoms with E-state index in [-0.39, 0.29) is 35.4 Å². The van der Waals surface area contributed by atoms with Crippen molar-refractivity contribution in [3.63, 3.8) is 0 Å². The van der Waals surface area contributed by atoms with Gasteiger partial charge in [-0.05, 0) is 159 Å². The van der Waals surface area contributed by atoms with Gasteiger partial charge in [0.05, 0.1) is 61.7 Å². The molecule has 2 fully saturated rings. The molecule has 72 heavy (non-hydrogen) atoms. The number of imidazole rings is 2. The highest BCUT2D eigenvalue weighted by molar-refractivity contribution is 5.99. The number of likely N-dealkylation sites (tertiary alicyclic amines) is 2. The number of carbonyl (C=O) groups is 2. The van der Waals surface area contributed by atoms with Crippen molar-refractivity contribution < 1.29 is 54.9 Å². The average Bonchev–Trinajstić information content (AvgIpc) is 4.17. The molecule has 0 bridgehead atoms. The molecule has 4 aromatic carbocycles. The van der Waals surface area contributed by atoms with Crippen molar-refractivity contribution >= 4 is 24.0 Å². The summed E-state index contributed by atoms with van der Waals surface area (Å²) in [7, 11) is 3.21. The number of piperidine rings is 2. The summed E-state index contributed by atoms with van der Waals surface area (Å²) in [6.07, 6.45) is 7.15. The van der Waals surface area contributed by atoms with Gasteiger partial charge in [0.15, 0.2) is 0 Å². The molecule has 12 nitrogen and oxygen atoms in total. The number of ether oxygens (including phenoxy) is 4. The number of alkyl halides is 6. The summed E-state index contributed by atoms with van der Waals surface area (Å²) in [6, 6.07) is 20.1. The quantitative estimate of drug-likeness (QED) is 0.0985. The number of halogens is 6. The molecule has 376 valence electrons. The molecule has 4 heterocycles. The molecule has 0 saturated carbocycles. The number of aryl methyl sites for hydroxylation is 4. The van der Waals surface area contributed by atoms with E-state index >= 15 is 0 Å². The lowest BCUT2D eigenvalue weighted by Gasteiger charge is -2.34. The van der Waals surface area contributed by atoms with Crippen molar-refractivity contribution in [1.82, 2.24) is 28.9 Å². The van der Waals surface area contributed by atoms with Crippen LogP contribution < -0.4 is 18.9 Å². The molecule has 6 aromatic rings. The van der Waals surface area contributed by atoms with Crippen LogP contribution in [-0.4, -0.2) is 80.8 Å². The summed E-state index contributed by atoms with van der Waals surface area (Å²) < 4.78 is 98.7. The maximum Gasteiger partial charge on any atom is 0.573 e. The summed E-state index contributed by atoms with van der Waals surface area (Å²) in [4.78, 5) is 39.2. The second-order valence-corrected chi connectivity index (χ2v) is 18.2. The van der Waals surface area contributed by atoms with Crippen molar-refractivity contribution in [2.75, 3.05) is 27.3 Å². The number of aromatic nitrogens is 4. The fraction of sp³-hybridized carbons (Fsp3) is 0.333. The highest BCUT2D eigenvalue weighted by Gasteiger charge is 2.38. The Hall–Kier alpha value is -7.50. The number of rotatable bonds is 10. The smallest absolute Gasteiger partial charge is 0.495 e. The normalized spacial score (nSPS) is 19.0. The molecule has 4 aliphatic rings. The maximum absolute atomic E-state index is 13.5. The Balaban J connectivity index is 0.000000178. The lowest BCUT2D eigenvalue weighted by Crippen LogP contribution is -2.39. The van der Waals surface area contributed by atoms with Crippen molar-refractivity contribution in [1.29, 1.82) is 0 Å². The van der Waals surface area contributed by atoms with Crippen molar-refractivity contribution in [3.05, 3.63) is 154 Å². The Bertz CT molecular complexity index is 2860. The molecule has 10 rings (SSSR count). The zero-order chi connectivity index (χ0) is 50.9. The summed E-state index contributed by atoms with van der Waals surface area (Å²) in [5, 5.41) is 0. The topological polar surface area (TPSA) is 113 Å². The average molecular weight is 995 g/mol. The SMILES string of the molecule is COc1cc(/C=C2\CCCN([C@@H]3CCc4cc(OC(F)(F)F)ccc43)C2=O)ccc1-n1cnc(C)c1.COc1cc(/C=C2\CCCN([C@H]3CCc4cc(OC(F)(F)F)ccc43)C2=O)ccc1-n1cnc(C)c1. The van der Waals surface area contributed by atoms with Gasteiger partial charge in [0, 0.05) is 36.6 Å². The fourth-order valence-corrected chi connectivity index (χ4v) is 10.2.